The van der Waals surface area contributed by atoms with E-state index in [0.29, 0.717) is 22.9 Å². The molecule has 0 amide bonds. The molecule has 2 nitrogen and oxygen atoms in total. The lowest BCUT2D eigenvalue weighted by atomic mass is 9.45. The van der Waals surface area contributed by atoms with Gasteiger partial charge in [0.1, 0.15) is 0 Å². The van der Waals surface area contributed by atoms with Gasteiger partial charge in [-0.1, -0.05) is 40.2 Å². The molecule has 1 aliphatic heterocycles. The van der Waals surface area contributed by atoms with Crippen LogP contribution in [0.3, 0.4) is 0 Å². The van der Waals surface area contributed by atoms with Gasteiger partial charge in [-0.25, -0.2) is 4.79 Å². The van der Waals surface area contributed by atoms with Gasteiger partial charge in [-0.3, -0.25) is 0 Å². The fourth-order valence-corrected chi connectivity index (χ4v) is 6.99. The highest BCUT2D eigenvalue weighted by atomic mass is 16.5. The summed E-state index contributed by atoms with van der Waals surface area (Å²) in [4.78, 5) is 12.0. The fourth-order valence-electron chi connectivity index (χ4n) is 6.99. The predicted octanol–water partition coefficient (Wildman–Crippen LogP) is 5.52. The molecule has 0 aromatic heterocycles. The van der Waals surface area contributed by atoms with Crippen LogP contribution in [0.1, 0.15) is 79.1 Å². The minimum absolute atomic E-state index is 0.0613. The van der Waals surface area contributed by atoms with E-state index in [2.05, 4.69) is 33.8 Å². The van der Waals surface area contributed by atoms with E-state index in [1.807, 2.05) is 0 Å². The molecule has 0 aromatic carbocycles. The van der Waals surface area contributed by atoms with Gasteiger partial charge in [-0.05, 0) is 73.0 Å². The first kappa shape index (κ1) is 16.7. The number of carbonyl (C=O) groups excluding carboxylic acids is 1. The van der Waals surface area contributed by atoms with E-state index in [9.17, 15) is 4.79 Å². The van der Waals surface area contributed by atoms with Crippen molar-refractivity contribution in [3.05, 3.63) is 11.6 Å². The summed E-state index contributed by atoms with van der Waals surface area (Å²) in [5.41, 5.74) is 2.49. The number of esters is 1. The van der Waals surface area contributed by atoms with Crippen LogP contribution in [0.15, 0.2) is 11.6 Å². The van der Waals surface area contributed by atoms with Crippen LogP contribution in [0.5, 0.6) is 0 Å². The molecule has 3 aliphatic carbocycles. The van der Waals surface area contributed by atoms with Crippen LogP contribution in [0.2, 0.25) is 0 Å². The first-order valence-corrected chi connectivity index (χ1v) is 10.2. The van der Waals surface area contributed by atoms with Crippen molar-refractivity contribution < 1.29 is 9.53 Å². The second-order valence-electron chi connectivity index (χ2n) is 10.2. The first-order chi connectivity index (χ1) is 11.3. The highest BCUT2D eigenvalue weighted by Crippen LogP contribution is 2.72. The predicted molar refractivity (Wildman–Crippen MR) is 96.4 cm³/mol. The van der Waals surface area contributed by atoms with E-state index in [1.165, 1.54) is 44.9 Å². The summed E-state index contributed by atoms with van der Waals surface area (Å²) in [5, 5.41) is 0. The third kappa shape index (κ3) is 2.39. The molecule has 1 saturated heterocycles. The molecule has 0 aromatic rings. The summed E-state index contributed by atoms with van der Waals surface area (Å²) in [6.45, 7) is 10.3. The van der Waals surface area contributed by atoms with Crippen molar-refractivity contribution in [2.45, 2.75) is 79.1 Å². The van der Waals surface area contributed by atoms with Crippen molar-refractivity contribution in [2.24, 2.45) is 34.0 Å². The Morgan fingerprint density at radius 3 is 2.50 bits per heavy atom. The molecule has 134 valence electrons. The topological polar surface area (TPSA) is 26.3 Å². The highest BCUT2D eigenvalue weighted by molar-refractivity contribution is 5.90. The smallest absolute Gasteiger partial charge is 0.334 e. The average molecular weight is 331 g/mol. The quantitative estimate of drug-likeness (QED) is 0.492. The van der Waals surface area contributed by atoms with E-state index in [1.54, 1.807) is 0 Å². The van der Waals surface area contributed by atoms with Crippen LogP contribution < -0.4 is 0 Å². The molecular formula is C22H34O2. The highest BCUT2D eigenvalue weighted by Gasteiger charge is 2.62. The Labute approximate surface area is 147 Å². The number of hydrogen-bond acceptors (Lipinski definition) is 2. The van der Waals surface area contributed by atoms with Gasteiger partial charge in [-0.2, -0.15) is 0 Å². The average Bonchev–Trinajstić information content (AvgIpc) is 3.19. The summed E-state index contributed by atoms with van der Waals surface area (Å²) in [7, 11) is 0. The van der Waals surface area contributed by atoms with Crippen molar-refractivity contribution in [3.8, 4) is 0 Å². The summed E-state index contributed by atoms with van der Waals surface area (Å²) in [6.07, 6.45) is 13.2. The summed E-state index contributed by atoms with van der Waals surface area (Å²) in [5.74, 6) is 1.83. The largest absolute Gasteiger partial charge is 0.462 e. The molecule has 3 saturated carbocycles. The Morgan fingerprint density at radius 2 is 1.88 bits per heavy atom. The van der Waals surface area contributed by atoms with Crippen LogP contribution in [-0.2, 0) is 9.53 Å². The van der Waals surface area contributed by atoms with E-state index in [0.717, 1.165) is 23.8 Å². The lowest BCUT2D eigenvalue weighted by Gasteiger charge is -2.60. The molecule has 0 radical (unpaired) electrons. The zero-order chi connectivity index (χ0) is 17.2. The zero-order valence-corrected chi connectivity index (χ0v) is 16.0. The van der Waals surface area contributed by atoms with Crippen LogP contribution in [0.25, 0.3) is 0 Å². The van der Waals surface area contributed by atoms with Crippen molar-refractivity contribution >= 4 is 5.97 Å². The molecule has 0 unspecified atom stereocenters. The minimum atomic E-state index is -0.0613. The Kier molecular flexibility index (Phi) is 3.72. The number of carbonyl (C=O) groups is 1. The molecule has 1 spiro atoms. The van der Waals surface area contributed by atoms with E-state index < -0.39 is 0 Å². The zero-order valence-electron chi connectivity index (χ0n) is 16.0. The van der Waals surface area contributed by atoms with Crippen LogP contribution >= 0.6 is 0 Å². The number of rotatable bonds is 2. The van der Waals surface area contributed by atoms with Gasteiger partial charge in [0, 0.05) is 11.5 Å². The maximum atomic E-state index is 12.0. The molecular weight excluding hydrogens is 296 g/mol. The van der Waals surface area contributed by atoms with Gasteiger partial charge < -0.3 is 4.74 Å². The Balaban J connectivity index is 1.64. The summed E-state index contributed by atoms with van der Waals surface area (Å²) < 4.78 is 5.24. The third-order valence-corrected chi connectivity index (χ3v) is 8.44. The standard InChI is InChI=1S/C22H34O2/c1-15-14-24-19(23)16(15)6-7-18-21(4)10-5-9-20(2,3)17(21)8-11-22(18)12-13-22/h6,15,17-18H,5,7-14H2,1-4H3/b16-6+/t15-,17+,18-,21+/m1/s1. The maximum absolute atomic E-state index is 12.0. The molecule has 0 N–H and O–H groups in total. The Bertz CT molecular complexity index is 569. The van der Waals surface area contributed by atoms with Crippen LogP contribution in [-0.4, -0.2) is 12.6 Å². The number of ether oxygens (including phenoxy) is 1. The lowest BCUT2D eigenvalue weighted by molar-refractivity contribution is -0.135. The lowest BCUT2D eigenvalue weighted by Crippen LogP contribution is -2.52. The maximum Gasteiger partial charge on any atom is 0.334 e. The molecule has 1 heterocycles. The number of cyclic esters (lactones) is 1. The van der Waals surface area contributed by atoms with Crippen LogP contribution in [0.4, 0.5) is 0 Å². The molecule has 4 aliphatic rings. The van der Waals surface area contributed by atoms with E-state index in [-0.39, 0.29) is 11.9 Å². The van der Waals surface area contributed by atoms with Gasteiger partial charge in [0.05, 0.1) is 6.61 Å². The summed E-state index contributed by atoms with van der Waals surface area (Å²) in [6, 6.07) is 0. The fraction of sp³-hybridized carbons (Fsp3) is 0.864. The molecule has 4 atom stereocenters. The number of hydrogen-bond donors (Lipinski definition) is 0. The molecule has 0 bridgehead atoms. The van der Waals surface area contributed by atoms with Crippen molar-refractivity contribution in [3.63, 3.8) is 0 Å². The Morgan fingerprint density at radius 1 is 1.12 bits per heavy atom. The SMILES string of the molecule is C[C@@H]1COC(=O)/C1=C/C[C@H]1C2(CC[C@H]3C(C)(C)CCC[C@@]31C)CC2. The minimum Gasteiger partial charge on any atom is -0.462 e. The summed E-state index contributed by atoms with van der Waals surface area (Å²) >= 11 is 0. The normalized spacial score (nSPS) is 44.4. The van der Waals surface area contributed by atoms with Crippen molar-refractivity contribution in [1.82, 2.24) is 0 Å². The van der Waals surface area contributed by atoms with Gasteiger partial charge in [0.25, 0.3) is 0 Å². The Hall–Kier alpha value is -0.790. The van der Waals surface area contributed by atoms with Gasteiger partial charge in [0.15, 0.2) is 0 Å². The number of fused-ring (bicyclic) bond motifs is 1. The third-order valence-electron chi connectivity index (χ3n) is 8.44. The first-order valence-electron chi connectivity index (χ1n) is 10.2. The second kappa shape index (κ2) is 5.35. The van der Waals surface area contributed by atoms with Crippen molar-refractivity contribution in [2.75, 3.05) is 6.61 Å². The van der Waals surface area contributed by atoms with Crippen molar-refractivity contribution in [1.29, 1.82) is 0 Å². The second-order valence-corrected chi connectivity index (χ2v) is 10.2. The molecule has 4 fully saturated rings. The van der Waals surface area contributed by atoms with E-state index >= 15 is 0 Å². The molecule has 2 heteroatoms. The molecule has 4 rings (SSSR count). The van der Waals surface area contributed by atoms with Gasteiger partial charge >= 0.3 is 5.97 Å². The van der Waals surface area contributed by atoms with E-state index in [4.69, 9.17) is 4.74 Å². The van der Waals surface area contributed by atoms with Gasteiger partial charge in [-0.15, -0.1) is 0 Å². The number of allylic oxidation sites excluding steroid dienone is 1. The van der Waals surface area contributed by atoms with Crippen LogP contribution in [0, 0.1) is 34.0 Å². The van der Waals surface area contributed by atoms with Gasteiger partial charge in [0.2, 0.25) is 0 Å². The monoisotopic (exact) mass is 330 g/mol. The molecule has 24 heavy (non-hydrogen) atoms.